The first-order chi connectivity index (χ1) is 7.84. The van der Waals surface area contributed by atoms with E-state index >= 15 is 0 Å². The van der Waals surface area contributed by atoms with E-state index in [1.165, 1.54) is 30.4 Å². The molecule has 16 heavy (non-hydrogen) atoms. The van der Waals surface area contributed by atoms with Crippen LogP contribution in [-0.2, 0) is 6.42 Å². The van der Waals surface area contributed by atoms with E-state index in [0.717, 1.165) is 25.4 Å². The van der Waals surface area contributed by atoms with Gasteiger partial charge < -0.3 is 5.32 Å². The van der Waals surface area contributed by atoms with Gasteiger partial charge >= 0.3 is 0 Å². The highest BCUT2D eigenvalue weighted by atomic mass is 19.1. The van der Waals surface area contributed by atoms with Crippen LogP contribution in [0.2, 0.25) is 0 Å². The predicted molar refractivity (Wildman–Crippen MR) is 63.1 cm³/mol. The quantitative estimate of drug-likeness (QED) is 0.766. The van der Waals surface area contributed by atoms with Gasteiger partial charge in [-0.25, -0.2) is 4.39 Å². The third kappa shape index (κ3) is 1.75. The summed E-state index contributed by atoms with van der Waals surface area (Å²) in [4.78, 5) is 0. The molecule has 1 aromatic rings. The highest BCUT2D eigenvalue weighted by Crippen LogP contribution is 2.39. The molecule has 1 aromatic carbocycles. The SMILES string of the molecule is Fc1ccc2c(c1)CCCC2C1CCNC1. The molecule has 1 fully saturated rings. The van der Waals surface area contributed by atoms with Crippen LogP contribution in [0.5, 0.6) is 0 Å². The van der Waals surface area contributed by atoms with E-state index < -0.39 is 0 Å². The van der Waals surface area contributed by atoms with E-state index in [9.17, 15) is 4.39 Å². The lowest BCUT2D eigenvalue weighted by Crippen LogP contribution is -2.20. The van der Waals surface area contributed by atoms with Gasteiger partial charge in [-0.2, -0.15) is 0 Å². The van der Waals surface area contributed by atoms with E-state index in [0.29, 0.717) is 5.92 Å². The molecule has 0 aromatic heterocycles. The third-order valence-electron chi connectivity index (χ3n) is 4.13. The van der Waals surface area contributed by atoms with Crippen LogP contribution >= 0.6 is 0 Å². The number of rotatable bonds is 1. The fraction of sp³-hybridized carbons (Fsp3) is 0.571. The smallest absolute Gasteiger partial charge is 0.123 e. The van der Waals surface area contributed by atoms with Crippen LogP contribution in [0.3, 0.4) is 0 Å². The van der Waals surface area contributed by atoms with Crippen molar-refractivity contribution in [3.05, 3.63) is 35.1 Å². The summed E-state index contributed by atoms with van der Waals surface area (Å²) in [7, 11) is 0. The number of hydrogen-bond acceptors (Lipinski definition) is 1. The van der Waals surface area contributed by atoms with E-state index in [2.05, 4.69) is 5.32 Å². The number of nitrogens with one attached hydrogen (secondary N) is 1. The molecule has 0 bridgehead atoms. The first-order valence-corrected chi connectivity index (χ1v) is 6.33. The number of aryl methyl sites for hydroxylation is 1. The Labute approximate surface area is 96.1 Å². The second-order valence-electron chi connectivity index (χ2n) is 5.09. The van der Waals surface area contributed by atoms with Crippen molar-refractivity contribution >= 4 is 0 Å². The minimum Gasteiger partial charge on any atom is -0.316 e. The number of fused-ring (bicyclic) bond motifs is 1. The van der Waals surface area contributed by atoms with Crippen molar-refractivity contribution in [2.24, 2.45) is 5.92 Å². The summed E-state index contributed by atoms with van der Waals surface area (Å²) in [6.45, 7) is 2.29. The topological polar surface area (TPSA) is 12.0 Å². The van der Waals surface area contributed by atoms with Gasteiger partial charge in [-0.05, 0) is 73.9 Å². The fourth-order valence-corrected chi connectivity index (χ4v) is 3.33. The maximum Gasteiger partial charge on any atom is 0.123 e. The van der Waals surface area contributed by atoms with Gasteiger partial charge in [0.05, 0.1) is 0 Å². The van der Waals surface area contributed by atoms with Gasteiger partial charge in [0.1, 0.15) is 5.82 Å². The molecule has 2 heteroatoms. The van der Waals surface area contributed by atoms with Crippen LogP contribution in [0.15, 0.2) is 18.2 Å². The Morgan fingerprint density at radius 1 is 1.25 bits per heavy atom. The minimum absolute atomic E-state index is 0.0797. The Balaban J connectivity index is 1.93. The van der Waals surface area contributed by atoms with Crippen molar-refractivity contribution in [2.75, 3.05) is 13.1 Å². The van der Waals surface area contributed by atoms with Gasteiger partial charge in [-0.3, -0.25) is 0 Å². The van der Waals surface area contributed by atoms with Crippen molar-refractivity contribution in [3.8, 4) is 0 Å². The second-order valence-corrected chi connectivity index (χ2v) is 5.09. The van der Waals surface area contributed by atoms with Gasteiger partial charge in [0.15, 0.2) is 0 Å². The Bertz CT molecular complexity index is 382. The molecule has 2 unspecified atom stereocenters. The van der Waals surface area contributed by atoms with Crippen LogP contribution in [0.25, 0.3) is 0 Å². The van der Waals surface area contributed by atoms with E-state index in [1.807, 2.05) is 6.07 Å². The summed E-state index contributed by atoms with van der Waals surface area (Å²) < 4.78 is 13.2. The molecule has 3 rings (SSSR count). The number of halogens is 1. The van der Waals surface area contributed by atoms with Crippen molar-refractivity contribution in [3.63, 3.8) is 0 Å². The Morgan fingerprint density at radius 3 is 3.00 bits per heavy atom. The largest absolute Gasteiger partial charge is 0.316 e. The van der Waals surface area contributed by atoms with Crippen molar-refractivity contribution in [1.29, 1.82) is 0 Å². The van der Waals surface area contributed by atoms with Crippen LogP contribution in [0.1, 0.15) is 36.3 Å². The van der Waals surface area contributed by atoms with Gasteiger partial charge in [0, 0.05) is 0 Å². The molecule has 1 nitrogen and oxygen atoms in total. The molecule has 86 valence electrons. The van der Waals surface area contributed by atoms with Gasteiger partial charge in [-0.1, -0.05) is 6.07 Å². The zero-order chi connectivity index (χ0) is 11.0. The Kier molecular flexibility index (Phi) is 2.68. The molecule has 1 heterocycles. The highest BCUT2D eigenvalue weighted by Gasteiger charge is 2.29. The van der Waals surface area contributed by atoms with Crippen molar-refractivity contribution < 1.29 is 4.39 Å². The van der Waals surface area contributed by atoms with E-state index in [4.69, 9.17) is 0 Å². The summed E-state index contributed by atoms with van der Waals surface area (Å²) in [6.07, 6.45) is 4.84. The van der Waals surface area contributed by atoms with Crippen LogP contribution in [0, 0.1) is 11.7 Å². The summed E-state index contributed by atoms with van der Waals surface area (Å²) in [5.74, 6) is 1.35. The zero-order valence-corrected chi connectivity index (χ0v) is 9.51. The second kappa shape index (κ2) is 4.17. The lowest BCUT2D eigenvalue weighted by Gasteiger charge is -2.29. The number of benzene rings is 1. The maximum absolute atomic E-state index is 13.2. The monoisotopic (exact) mass is 219 g/mol. The van der Waals surface area contributed by atoms with Crippen LogP contribution < -0.4 is 5.32 Å². The molecule has 0 amide bonds. The highest BCUT2D eigenvalue weighted by molar-refractivity contribution is 5.34. The molecule has 0 spiro atoms. The van der Waals surface area contributed by atoms with E-state index in [1.54, 1.807) is 12.1 Å². The van der Waals surface area contributed by atoms with E-state index in [-0.39, 0.29) is 5.82 Å². The summed E-state index contributed by atoms with van der Waals surface area (Å²) in [5.41, 5.74) is 2.67. The Hall–Kier alpha value is -0.890. The van der Waals surface area contributed by atoms with Gasteiger partial charge in [-0.15, -0.1) is 0 Å². The Morgan fingerprint density at radius 2 is 2.19 bits per heavy atom. The summed E-state index contributed by atoms with van der Waals surface area (Å²) in [5, 5.41) is 3.44. The maximum atomic E-state index is 13.2. The summed E-state index contributed by atoms with van der Waals surface area (Å²) in [6, 6.07) is 5.39. The first kappa shape index (κ1) is 10.3. The fourth-order valence-electron chi connectivity index (χ4n) is 3.33. The first-order valence-electron chi connectivity index (χ1n) is 6.33. The standard InChI is InChI=1S/C14H18FN/c15-12-4-5-14-10(8-12)2-1-3-13(14)11-6-7-16-9-11/h4-5,8,11,13,16H,1-3,6-7,9H2. The average molecular weight is 219 g/mol. The molecule has 2 atom stereocenters. The van der Waals surface area contributed by atoms with Gasteiger partial charge in [0.2, 0.25) is 0 Å². The molecule has 2 aliphatic rings. The molecular formula is C14H18FN. The lowest BCUT2D eigenvalue weighted by molar-refractivity contribution is 0.404. The molecule has 1 aliphatic carbocycles. The lowest BCUT2D eigenvalue weighted by atomic mass is 9.75. The minimum atomic E-state index is -0.0797. The molecule has 1 N–H and O–H groups in total. The predicted octanol–water partition coefficient (Wildman–Crippen LogP) is 2.86. The molecule has 0 saturated carbocycles. The molecule has 1 aliphatic heterocycles. The van der Waals surface area contributed by atoms with Crippen LogP contribution in [-0.4, -0.2) is 13.1 Å². The number of hydrogen-bond donors (Lipinski definition) is 1. The summed E-state index contributed by atoms with van der Waals surface area (Å²) >= 11 is 0. The van der Waals surface area contributed by atoms with Crippen molar-refractivity contribution in [1.82, 2.24) is 5.32 Å². The molecule has 0 radical (unpaired) electrons. The zero-order valence-electron chi connectivity index (χ0n) is 9.51. The van der Waals surface area contributed by atoms with Crippen LogP contribution in [0.4, 0.5) is 4.39 Å². The third-order valence-corrected chi connectivity index (χ3v) is 4.13. The average Bonchev–Trinajstić information content (AvgIpc) is 2.81. The molecule has 1 saturated heterocycles. The van der Waals surface area contributed by atoms with Crippen molar-refractivity contribution in [2.45, 2.75) is 31.6 Å². The molecular weight excluding hydrogens is 201 g/mol. The van der Waals surface area contributed by atoms with Gasteiger partial charge in [0.25, 0.3) is 0 Å². The normalized spacial score (nSPS) is 29.1.